The highest BCUT2D eigenvalue weighted by Crippen LogP contribution is 2.40. The number of hydrogen-bond donors (Lipinski definition) is 0. The Hall–Kier alpha value is -1.79. The summed E-state index contributed by atoms with van der Waals surface area (Å²) in [5, 5.41) is 0. The van der Waals surface area contributed by atoms with Crippen LogP contribution < -0.4 is 0 Å². The van der Waals surface area contributed by atoms with E-state index in [4.69, 9.17) is 4.74 Å². The molecule has 0 saturated carbocycles. The first-order valence-electron chi connectivity index (χ1n) is 8.55. The van der Waals surface area contributed by atoms with Crippen LogP contribution in [0.4, 0.5) is 0 Å². The van der Waals surface area contributed by atoms with E-state index in [-0.39, 0.29) is 11.4 Å². The highest BCUT2D eigenvalue weighted by atomic mass is 32.1. The molecule has 0 saturated heterocycles. The molecule has 1 aromatic heterocycles. The second-order valence-electron chi connectivity index (χ2n) is 6.78. The zero-order valence-electron chi connectivity index (χ0n) is 15.1. The van der Waals surface area contributed by atoms with Crippen molar-refractivity contribution < 1.29 is 9.53 Å². The Bertz CT molecular complexity index is 708. The van der Waals surface area contributed by atoms with Crippen LogP contribution >= 0.6 is 11.3 Å². The van der Waals surface area contributed by atoms with Crippen LogP contribution in [0.25, 0.3) is 0 Å². The van der Waals surface area contributed by atoms with Crippen LogP contribution in [0.5, 0.6) is 0 Å². The molecule has 0 N–H and O–H groups in total. The Morgan fingerprint density at radius 2 is 2.21 bits per heavy atom. The summed E-state index contributed by atoms with van der Waals surface area (Å²) in [4.78, 5) is 13.5. The average Bonchev–Trinajstić information content (AvgIpc) is 2.93. The Morgan fingerprint density at radius 1 is 1.42 bits per heavy atom. The summed E-state index contributed by atoms with van der Waals surface area (Å²) < 4.78 is 4.97. The molecule has 0 aliphatic heterocycles. The van der Waals surface area contributed by atoms with Gasteiger partial charge in [0.05, 0.1) is 17.9 Å². The maximum atomic E-state index is 11.5. The summed E-state index contributed by atoms with van der Waals surface area (Å²) in [6.45, 7) is 9.09. The van der Waals surface area contributed by atoms with Crippen LogP contribution in [0, 0.1) is 17.3 Å². The zero-order valence-corrected chi connectivity index (χ0v) is 15.9. The molecule has 1 aromatic rings. The van der Waals surface area contributed by atoms with Gasteiger partial charge in [0, 0.05) is 4.88 Å². The summed E-state index contributed by atoms with van der Waals surface area (Å²) in [6.07, 6.45) is 8.17. The fraction of sp³-hybridized carbons (Fsp3) is 0.476. The van der Waals surface area contributed by atoms with Gasteiger partial charge < -0.3 is 4.74 Å². The summed E-state index contributed by atoms with van der Waals surface area (Å²) in [6, 6.07) is 3.92. The molecule has 0 radical (unpaired) electrons. The van der Waals surface area contributed by atoms with Crippen molar-refractivity contribution in [2.24, 2.45) is 5.41 Å². The van der Waals surface area contributed by atoms with E-state index in [1.165, 1.54) is 30.4 Å². The second-order valence-corrected chi connectivity index (χ2v) is 7.95. The monoisotopic (exact) mass is 342 g/mol. The molecule has 2 rings (SSSR count). The molecule has 0 spiro atoms. The van der Waals surface area contributed by atoms with E-state index in [9.17, 15) is 4.79 Å². The smallest absolute Gasteiger partial charge is 0.311 e. The van der Waals surface area contributed by atoms with E-state index in [0.717, 1.165) is 9.75 Å². The minimum absolute atomic E-state index is 0.180. The molecule has 0 fully saturated rings. The van der Waals surface area contributed by atoms with E-state index in [1.807, 2.05) is 25.1 Å². The molecule has 0 atom stereocenters. The van der Waals surface area contributed by atoms with E-state index in [1.54, 1.807) is 11.3 Å². The Balaban J connectivity index is 2.01. The minimum atomic E-state index is -0.180. The Labute approximate surface area is 149 Å². The first kappa shape index (κ1) is 18.5. The molecular weight excluding hydrogens is 316 g/mol. The molecule has 1 aliphatic rings. The number of carbonyl (C=O) groups is 1. The lowest BCUT2D eigenvalue weighted by atomic mass is 9.73. The number of ether oxygens (including phenoxy) is 1. The van der Waals surface area contributed by atoms with Crippen molar-refractivity contribution in [3.63, 3.8) is 0 Å². The molecule has 2 nitrogen and oxygen atoms in total. The third-order valence-electron chi connectivity index (χ3n) is 4.36. The number of rotatable bonds is 4. The van der Waals surface area contributed by atoms with Gasteiger partial charge in [0.2, 0.25) is 0 Å². The lowest BCUT2D eigenvalue weighted by Crippen LogP contribution is -2.18. The van der Waals surface area contributed by atoms with E-state index >= 15 is 0 Å². The second kappa shape index (κ2) is 8.35. The molecule has 0 amide bonds. The molecular formula is C21H26O2S. The Morgan fingerprint density at radius 3 is 2.92 bits per heavy atom. The van der Waals surface area contributed by atoms with E-state index in [2.05, 4.69) is 38.7 Å². The minimum Gasteiger partial charge on any atom is -0.466 e. The van der Waals surface area contributed by atoms with Crippen molar-refractivity contribution in [1.29, 1.82) is 0 Å². The number of hydrogen-bond acceptors (Lipinski definition) is 3. The SMILES string of the molecule is CCOC(=O)Cc1ccc(C#CC=CC2=C(C)CCCC2(C)C)s1. The summed E-state index contributed by atoms with van der Waals surface area (Å²) in [5.41, 5.74) is 3.16. The van der Waals surface area contributed by atoms with Gasteiger partial charge in [-0.2, -0.15) is 0 Å². The third kappa shape index (κ3) is 5.11. The van der Waals surface area contributed by atoms with Gasteiger partial charge in [0.1, 0.15) is 0 Å². The van der Waals surface area contributed by atoms with Crippen LogP contribution in [-0.4, -0.2) is 12.6 Å². The molecule has 0 aromatic carbocycles. The van der Waals surface area contributed by atoms with Crippen LogP contribution in [0.2, 0.25) is 0 Å². The lowest BCUT2D eigenvalue weighted by Gasteiger charge is -2.32. The van der Waals surface area contributed by atoms with Crippen LogP contribution in [0.1, 0.15) is 56.7 Å². The molecule has 1 heterocycles. The van der Waals surface area contributed by atoms with Gasteiger partial charge in [0.15, 0.2) is 0 Å². The van der Waals surface area contributed by atoms with Gasteiger partial charge in [-0.1, -0.05) is 37.3 Å². The molecule has 0 bridgehead atoms. The first-order valence-corrected chi connectivity index (χ1v) is 9.36. The van der Waals surface area contributed by atoms with Gasteiger partial charge >= 0.3 is 5.97 Å². The number of allylic oxidation sites excluding steroid dienone is 4. The van der Waals surface area contributed by atoms with Crippen LogP contribution in [0.15, 0.2) is 35.4 Å². The predicted octanol–water partition coefficient (Wildman–Crippen LogP) is 5.29. The average molecular weight is 343 g/mol. The predicted molar refractivity (Wildman–Crippen MR) is 101 cm³/mol. The van der Waals surface area contributed by atoms with Crippen LogP contribution in [-0.2, 0) is 16.0 Å². The van der Waals surface area contributed by atoms with Gasteiger partial charge in [-0.15, -0.1) is 11.3 Å². The third-order valence-corrected chi connectivity index (χ3v) is 5.36. The molecule has 128 valence electrons. The van der Waals surface area contributed by atoms with Gasteiger partial charge in [-0.25, -0.2) is 0 Å². The summed E-state index contributed by atoms with van der Waals surface area (Å²) >= 11 is 1.55. The number of thiophene rings is 1. The Kier molecular flexibility index (Phi) is 6.45. The zero-order chi connectivity index (χ0) is 17.6. The van der Waals surface area contributed by atoms with Crippen molar-refractivity contribution in [2.75, 3.05) is 6.61 Å². The van der Waals surface area contributed by atoms with Crippen LogP contribution in [0.3, 0.4) is 0 Å². The highest BCUT2D eigenvalue weighted by Gasteiger charge is 2.26. The summed E-state index contributed by atoms with van der Waals surface area (Å²) in [7, 11) is 0. The van der Waals surface area contributed by atoms with Gasteiger partial charge in [0.25, 0.3) is 0 Å². The summed E-state index contributed by atoms with van der Waals surface area (Å²) in [5.74, 6) is 6.11. The molecule has 3 heteroatoms. The van der Waals surface area contributed by atoms with Crippen molar-refractivity contribution in [2.45, 2.75) is 53.4 Å². The normalized spacial score (nSPS) is 16.8. The quantitative estimate of drug-likeness (QED) is 0.549. The highest BCUT2D eigenvalue weighted by molar-refractivity contribution is 7.12. The van der Waals surface area contributed by atoms with Crippen molar-refractivity contribution >= 4 is 17.3 Å². The lowest BCUT2D eigenvalue weighted by molar-refractivity contribution is -0.142. The molecule has 24 heavy (non-hydrogen) atoms. The maximum Gasteiger partial charge on any atom is 0.311 e. The largest absolute Gasteiger partial charge is 0.466 e. The van der Waals surface area contributed by atoms with Crippen molar-refractivity contribution in [3.05, 3.63) is 45.2 Å². The van der Waals surface area contributed by atoms with E-state index in [0.29, 0.717) is 13.0 Å². The topological polar surface area (TPSA) is 26.3 Å². The number of carbonyl (C=O) groups excluding carboxylic acids is 1. The van der Waals surface area contributed by atoms with E-state index < -0.39 is 0 Å². The standard InChI is InChI=1S/C21H26O2S/c1-5-23-20(22)15-18-13-12-17(24-18)10-6-7-11-19-16(2)9-8-14-21(19,3)4/h7,11-13H,5,8-9,14-15H2,1-4H3. The molecule has 0 unspecified atom stereocenters. The fourth-order valence-corrected chi connectivity index (χ4v) is 4.00. The fourth-order valence-electron chi connectivity index (χ4n) is 3.14. The maximum absolute atomic E-state index is 11.5. The van der Waals surface area contributed by atoms with Gasteiger partial charge in [-0.3, -0.25) is 4.79 Å². The first-order chi connectivity index (χ1) is 11.4. The van der Waals surface area contributed by atoms with Crippen molar-refractivity contribution in [1.82, 2.24) is 0 Å². The number of esters is 1. The molecule has 1 aliphatic carbocycles. The van der Waals surface area contributed by atoms with Crippen molar-refractivity contribution in [3.8, 4) is 11.8 Å². The van der Waals surface area contributed by atoms with Gasteiger partial charge in [-0.05, 0) is 62.3 Å².